The van der Waals surface area contributed by atoms with Crippen molar-refractivity contribution in [2.45, 2.75) is 6.92 Å². The van der Waals surface area contributed by atoms with E-state index < -0.39 is 6.09 Å². The monoisotopic (exact) mass is 287 g/mol. The van der Waals surface area contributed by atoms with Crippen molar-refractivity contribution in [2.24, 2.45) is 0 Å². The van der Waals surface area contributed by atoms with Gasteiger partial charge in [-0.05, 0) is 25.1 Å². The third-order valence-corrected chi connectivity index (χ3v) is 2.30. The Labute approximate surface area is 101 Å². The molecule has 6 heteroatoms. The molecule has 0 aliphatic heterocycles. The fraction of sp³-hybridized carbons (Fsp3) is 0.200. The van der Waals surface area contributed by atoms with Gasteiger partial charge >= 0.3 is 6.09 Å². The second-order valence-corrected chi connectivity index (χ2v) is 3.78. The smallest absolute Gasteiger partial charge is 0.440 e. The summed E-state index contributed by atoms with van der Waals surface area (Å²) in [6.07, 6.45) is -0.600. The minimum atomic E-state index is -1.21. The number of rotatable bonds is 4. The average molecular weight is 288 g/mol. The van der Waals surface area contributed by atoms with E-state index in [1.807, 2.05) is 0 Å². The summed E-state index contributed by atoms with van der Waals surface area (Å²) in [6.45, 7) is 1.80. The van der Waals surface area contributed by atoms with Crippen LogP contribution >= 0.6 is 15.9 Å². The third-order valence-electron chi connectivity index (χ3n) is 1.81. The molecule has 0 radical (unpaired) electrons. The third kappa shape index (κ3) is 2.96. The number of nitrogens with zero attached hydrogens (tertiary/aromatic N) is 1. The summed E-state index contributed by atoms with van der Waals surface area (Å²) in [5.74, 6) is 0.202. The number of benzene rings is 1. The molecular formula is C10H10BrNO4. The molecule has 5 nitrogen and oxygen atoms in total. The van der Waals surface area contributed by atoms with Gasteiger partial charge in [-0.25, -0.2) is 4.79 Å². The molecule has 1 amide bonds. The zero-order valence-electron chi connectivity index (χ0n) is 8.51. The van der Waals surface area contributed by atoms with E-state index in [0.717, 1.165) is 5.06 Å². The molecule has 1 aromatic rings. The van der Waals surface area contributed by atoms with E-state index in [4.69, 9.17) is 9.94 Å². The number of halogens is 1. The van der Waals surface area contributed by atoms with Crippen molar-refractivity contribution in [2.75, 3.05) is 6.54 Å². The molecule has 0 saturated carbocycles. The largest absolute Gasteiger partial charge is 0.463 e. The number of hydrogen-bond donors (Lipinski definition) is 1. The molecule has 0 spiro atoms. The van der Waals surface area contributed by atoms with Gasteiger partial charge in [0.15, 0.2) is 12.0 Å². The molecule has 0 atom stereocenters. The highest BCUT2D eigenvalue weighted by Gasteiger charge is 2.14. The van der Waals surface area contributed by atoms with E-state index in [1.54, 1.807) is 19.1 Å². The van der Waals surface area contributed by atoms with Crippen molar-refractivity contribution in [3.05, 3.63) is 28.2 Å². The summed E-state index contributed by atoms with van der Waals surface area (Å²) < 4.78 is 0.703. The van der Waals surface area contributed by atoms with Crippen LogP contribution in [0, 0.1) is 0 Å². The van der Waals surface area contributed by atoms with Gasteiger partial charge in [-0.1, -0.05) is 15.9 Å². The molecule has 86 valence electrons. The molecule has 0 unspecified atom stereocenters. The van der Waals surface area contributed by atoms with Crippen molar-refractivity contribution in [3.63, 3.8) is 0 Å². The van der Waals surface area contributed by atoms with Gasteiger partial charge in [0.2, 0.25) is 0 Å². The minimum Gasteiger partial charge on any atom is -0.463 e. The Kier molecular flexibility index (Phi) is 4.30. The van der Waals surface area contributed by atoms with Crippen LogP contribution in [0.15, 0.2) is 22.7 Å². The van der Waals surface area contributed by atoms with Crippen LogP contribution in [0.1, 0.15) is 17.3 Å². The predicted molar refractivity (Wildman–Crippen MR) is 60.6 cm³/mol. The molecule has 0 bridgehead atoms. The second kappa shape index (κ2) is 5.50. The summed E-state index contributed by atoms with van der Waals surface area (Å²) >= 11 is 3.21. The van der Waals surface area contributed by atoms with E-state index >= 15 is 0 Å². The zero-order chi connectivity index (χ0) is 12.1. The quantitative estimate of drug-likeness (QED) is 0.683. The highest BCUT2D eigenvalue weighted by atomic mass is 79.9. The van der Waals surface area contributed by atoms with E-state index in [1.165, 1.54) is 6.07 Å². The van der Waals surface area contributed by atoms with Gasteiger partial charge in [-0.3, -0.25) is 4.79 Å². The number of carboxylic acid groups (broad SMARTS) is 1. The van der Waals surface area contributed by atoms with Crippen LogP contribution in [0.3, 0.4) is 0 Å². The van der Waals surface area contributed by atoms with Gasteiger partial charge in [0.05, 0.1) is 12.1 Å². The Balaban J connectivity index is 2.98. The van der Waals surface area contributed by atoms with E-state index in [-0.39, 0.29) is 12.3 Å². The van der Waals surface area contributed by atoms with Crippen molar-refractivity contribution < 1.29 is 19.5 Å². The molecule has 1 N–H and O–H groups in total. The van der Waals surface area contributed by atoms with Gasteiger partial charge in [0.1, 0.15) is 0 Å². The summed E-state index contributed by atoms with van der Waals surface area (Å²) in [5.41, 5.74) is 0.294. The van der Waals surface area contributed by atoms with Gasteiger partial charge in [0.25, 0.3) is 0 Å². The average Bonchev–Trinajstić information content (AvgIpc) is 2.25. The van der Waals surface area contributed by atoms with Crippen LogP contribution in [-0.4, -0.2) is 29.1 Å². The van der Waals surface area contributed by atoms with Crippen molar-refractivity contribution in [1.29, 1.82) is 0 Å². The first-order valence-electron chi connectivity index (χ1n) is 4.51. The Morgan fingerprint density at radius 3 is 2.81 bits per heavy atom. The Hall–Kier alpha value is -1.56. The molecule has 0 aromatic heterocycles. The fourth-order valence-corrected chi connectivity index (χ4v) is 1.38. The Bertz CT molecular complexity index is 408. The maximum atomic E-state index is 10.7. The van der Waals surface area contributed by atoms with Crippen molar-refractivity contribution in [3.8, 4) is 5.75 Å². The topological polar surface area (TPSA) is 66.8 Å². The first-order valence-corrected chi connectivity index (χ1v) is 5.31. The number of carbonyl (C=O) groups excluding carboxylic acids is 1. The molecular weight excluding hydrogens is 278 g/mol. The second-order valence-electron chi connectivity index (χ2n) is 2.87. The van der Waals surface area contributed by atoms with Crippen LogP contribution in [0.2, 0.25) is 0 Å². The van der Waals surface area contributed by atoms with E-state index in [0.29, 0.717) is 16.3 Å². The standard InChI is InChI=1S/C10H10BrNO4/c1-2-12(10(14)15)16-9-5-8(11)4-3-7(9)6-13/h3-6H,2H2,1H3,(H,14,15). The molecule has 1 aromatic carbocycles. The molecule has 1 rings (SSSR count). The van der Waals surface area contributed by atoms with Gasteiger partial charge in [-0.15, -0.1) is 5.06 Å². The van der Waals surface area contributed by atoms with Crippen molar-refractivity contribution >= 4 is 28.3 Å². The van der Waals surface area contributed by atoms with Crippen LogP contribution in [0.4, 0.5) is 4.79 Å². The lowest BCUT2D eigenvalue weighted by Crippen LogP contribution is -2.32. The molecule has 0 heterocycles. The number of carbonyl (C=O) groups is 2. The Morgan fingerprint density at radius 2 is 2.31 bits per heavy atom. The minimum absolute atomic E-state index is 0.167. The molecule has 16 heavy (non-hydrogen) atoms. The maximum absolute atomic E-state index is 10.7. The van der Waals surface area contributed by atoms with Crippen LogP contribution in [-0.2, 0) is 0 Å². The number of aldehydes is 1. The summed E-state index contributed by atoms with van der Waals surface area (Å²) in [5, 5.41) is 9.51. The Morgan fingerprint density at radius 1 is 1.62 bits per heavy atom. The van der Waals surface area contributed by atoms with Crippen LogP contribution in [0.25, 0.3) is 0 Å². The van der Waals surface area contributed by atoms with Crippen molar-refractivity contribution in [1.82, 2.24) is 5.06 Å². The number of hydrogen-bond acceptors (Lipinski definition) is 3. The SMILES string of the molecule is CCN(Oc1cc(Br)ccc1C=O)C(=O)O. The maximum Gasteiger partial charge on any atom is 0.440 e. The van der Waals surface area contributed by atoms with Gasteiger partial charge < -0.3 is 9.94 Å². The molecule has 0 fully saturated rings. The van der Waals surface area contributed by atoms with E-state index in [2.05, 4.69) is 15.9 Å². The first-order chi connectivity index (χ1) is 7.58. The summed E-state index contributed by atoms with van der Waals surface area (Å²) in [4.78, 5) is 26.5. The first kappa shape index (κ1) is 12.5. The molecule has 0 aliphatic rings. The fourth-order valence-electron chi connectivity index (χ4n) is 1.04. The van der Waals surface area contributed by atoms with Crippen LogP contribution < -0.4 is 4.84 Å². The molecule has 0 aliphatic carbocycles. The predicted octanol–water partition coefficient (Wildman–Crippen LogP) is 2.56. The zero-order valence-corrected chi connectivity index (χ0v) is 10.1. The summed E-state index contributed by atoms with van der Waals surface area (Å²) in [6, 6.07) is 4.76. The lowest BCUT2D eigenvalue weighted by atomic mass is 10.2. The lowest BCUT2D eigenvalue weighted by Gasteiger charge is -2.18. The summed E-state index contributed by atoms with van der Waals surface area (Å²) in [7, 11) is 0. The van der Waals surface area contributed by atoms with Gasteiger partial charge in [-0.2, -0.15) is 0 Å². The highest BCUT2D eigenvalue weighted by Crippen LogP contribution is 2.23. The van der Waals surface area contributed by atoms with E-state index in [9.17, 15) is 9.59 Å². The lowest BCUT2D eigenvalue weighted by molar-refractivity contribution is -0.0319. The van der Waals surface area contributed by atoms with Gasteiger partial charge in [0, 0.05) is 4.47 Å². The van der Waals surface area contributed by atoms with Crippen LogP contribution in [0.5, 0.6) is 5.75 Å². The number of amides is 1. The number of hydroxylamine groups is 2. The molecule has 0 saturated heterocycles. The normalized spacial score (nSPS) is 9.62. The highest BCUT2D eigenvalue weighted by molar-refractivity contribution is 9.10.